The topological polar surface area (TPSA) is 49.3 Å². The van der Waals surface area contributed by atoms with Crippen LogP contribution in [0.15, 0.2) is 29.9 Å². The highest BCUT2D eigenvalue weighted by Crippen LogP contribution is 2.20. The summed E-state index contributed by atoms with van der Waals surface area (Å²) >= 11 is 1.65. The second-order valence-electron chi connectivity index (χ2n) is 6.08. The van der Waals surface area contributed by atoms with Gasteiger partial charge in [-0.15, -0.1) is 11.3 Å². The van der Waals surface area contributed by atoms with Crippen LogP contribution in [-0.4, -0.2) is 47.0 Å². The summed E-state index contributed by atoms with van der Waals surface area (Å²) in [6, 6.07) is 4.03. The Labute approximate surface area is 141 Å². The standard InChI is InChI=1S/C17H22N4OS/c1-13(2)17-19-14(12-23-17)11-16(22)21-9-7-20(8-10-21)15-3-5-18-6-4-15/h3-6,12-13H,7-11H2,1-2H3. The van der Waals surface area contributed by atoms with Crippen molar-refractivity contribution in [2.75, 3.05) is 31.1 Å². The average Bonchev–Trinajstić information content (AvgIpc) is 3.04. The molecule has 1 fully saturated rings. The van der Waals surface area contributed by atoms with Crippen molar-refractivity contribution in [1.82, 2.24) is 14.9 Å². The van der Waals surface area contributed by atoms with E-state index in [4.69, 9.17) is 0 Å². The van der Waals surface area contributed by atoms with Crippen molar-refractivity contribution in [3.63, 3.8) is 0 Å². The van der Waals surface area contributed by atoms with Crippen LogP contribution in [0, 0.1) is 0 Å². The number of amides is 1. The van der Waals surface area contributed by atoms with Crippen molar-refractivity contribution in [3.8, 4) is 0 Å². The van der Waals surface area contributed by atoms with Crippen molar-refractivity contribution in [1.29, 1.82) is 0 Å². The van der Waals surface area contributed by atoms with Crippen molar-refractivity contribution < 1.29 is 4.79 Å². The van der Waals surface area contributed by atoms with E-state index in [1.54, 1.807) is 23.7 Å². The second kappa shape index (κ2) is 7.08. The highest BCUT2D eigenvalue weighted by molar-refractivity contribution is 7.09. The van der Waals surface area contributed by atoms with E-state index in [1.165, 1.54) is 5.69 Å². The molecule has 23 heavy (non-hydrogen) atoms. The molecule has 2 aromatic rings. The third kappa shape index (κ3) is 3.88. The number of nitrogens with zero attached hydrogens (tertiary/aromatic N) is 4. The molecule has 0 unspecified atom stereocenters. The molecule has 0 aromatic carbocycles. The Morgan fingerprint density at radius 3 is 2.52 bits per heavy atom. The van der Waals surface area contributed by atoms with Gasteiger partial charge in [0.2, 0.25) is 5.91 Å². The number of piperazine rings is 1. The minimum Gasteiger partial charge on any atom is -0.368 e. The van der Waals surface area contributed by atoms with Crippen LogP contribution in [-0.2, 0) is 11.2 Å². The van der Waals surface area contributed by atoms with Gasteiger partial charge >= 0.3 is 0 Å². The number of thiazole rings is 1. The minimum atomic E-state index is 0.181. The highest BCUT2D eigenvalue weighted by Gasteiger charge is 2.22. The Balaban J connectivity index is 1.53. The largest absolute Gasteiger partial charge is 0.368 e. The molecule has 5 nitrogen and oxygen atoms in total. The summed E-state index contributed by atoms with van der Waals surface area (Å²) in [7, 11) is 0. The van der Waals surface area contributed by atoms with Crippen molar-refractivity contribution in [2.45, 2.75) is 26.2 Å². The number of carbonyl (C=O) groups excluding carboxylic acids is 1. The molecule has 1 saturated heterocycles. The normalized spacial score (nSPS) is 15.3. The minimum absolute atomic E-state index is 0.181. The quantitative estimate of drug-likeness (QED) is 0.864. The highest BCUT2D eigenvalue weighted by atomic mass is 32.1. The van der Waals surface area contributed by atoms with Gasteiger partial charge in [-0.1, -0.05) is 13.8 Å². The zero-order valence-corrected chi connectivity index (χ0v) is 14.4. The van der Waals surface area contributed by atoms with Crippen LogP contribution in [0.1, 0.15) is 30.5 Å². The van der Waals surface area contributed by atoms with E-state index in [1.807, 2.05) is 22.4 Å². The number of rotatable bonds is 4. The van der Waals surface area contributed by atoms with E-state index in [-0.39, 0.29) is 5.91 Å². The van der Waals surface area contributed by atoms with Crippen molar-refractivity contribution in [2.24, 2.45) is 0 Å². The van der Waals surface area contributed by atoms with Crippen LogP contribution in [0.4, 0.5) is 5.69 Å². The van der Waals surface area contributed by atoms with Crippen molar-refractivity contribution in [3.05, 3.63) is 40.6 Å². The Morgan fingerprint density at radius 2 is 1.91 bits per heavy atom. The molecular formula is C17H22N4OS. The fraction of sp³-hybridized carbons (Fsp3) is 0.471. The van der Waals surface area contributed by atoms with Crippen LogP contribution in [0.5, 0.6) is 0 Å². The van der Waals surface area contributed by atoms with Gasteiger partial charge in [0, 0.05) is 55.6 Å². The van der Waals surface area contributed by atoms with Crippen molar-refractivity contribution >= 4 is 22.9 Å². The SMILES string of the molecule is CC(C)c1nc(CC(=O)N2CCN(c3ccncc3)CC2)cs1. The van der Waals surface area contributed by atoms with Crippen LogP contribution in [0.2, 0.25) is 0 Å². The molecule has 1 aliphatic heterocycles. The number of anilines is 1. The Hall–Kier alpha value is -1.95. The van der Waals surface area contributed by atoms with E-state index in [0.29, 0.717) is 12.3 Å². The van der Waals surface area contributed by atoms with Gasteiger partial charge in [-0.25, -0.2) is 4.98 Å². The molecule has 0 spiro atoms. The number of carbonyl (C=O) groups is 1. The average molecular weight is 330 g/mol. The van der Waals surface area contributed by atoms with Gasteiger partial charge in [0.1, 0.15) is 0 Å². The molecule has 0 atom stereocenters. The lowest BCUT2D eigenvalue weighted by Gasteiger charge is -2.36. The van der Waals surface area contributed by atoms with E-state index in [9.17, 15) is 4.79 Å². The summed E-state index contributed by atoms with van der Waals surface area (Å²) in [4.78, 5) is 25.3. The summed E-state index contributed by atoms with van der Waals surface area (Å²) in [5.74, 6) is 0.604. The third-order valence-electron chi connectivity index (χ3n) is 4.06. The molecule has 0 N–H and O–H groups in total. The number of pyridine rings is 1. The Kier molecular flexibility index (Phi) is 4.91. The second-order valence-corrected chi connectivity index (χ2v) is 6.97. The van der Waals surface area contributed by atoms with Gasteiger partial charge in [0.25, 0.3) is 0 Å². The first-order valence-corrected chi connectivity index (χ1v) is 8.88. The fourth-order valence-corrected chi connectivity index (χ4v) is 3.54. The molecule has 1 amide bonds. The molecule has 0 bridgehead atoms. The molecule has 3 heterocycles. The molecule has 0 radical (unpaired) electrons. The van der Waals surface area contributed by atoms with E-state index >= 15 is 0 Å². The Bertz CT molecular complexity index is 648. The van der Waals surface area contributed by atoms with Gasteiger partial charge in [-0.3, -0.25) is 9.78 Å². The summed E-state index contributed by atoms with van der Waals surface area (Å²) in [5, 5.41) is 3.12. The van der Waals surface area contributed by atoms with Crippen LogP contribution in [0.3, 0.4) is 0 Å². The summed E-state index contributed by atoms with van der Waals surface area (Å²) in [6.45, 7) is 7.52. The molecule has 0 aliphatic carbocycles. The molecule has 3 rings (SSSR count). The zero-order chi connectivity index (χ0) is 16.2. The summed E-state index contributed by atoms with van der Waals surface area (Å²) in [6.07, 6.45) is 4.03. The maximum Gasteiger partial charge on any atom is 0.228 e. The van der Waals surface area contributed by atoms with Gasteiger partial charge in [-0.05, 0) is 12.1 Å². The summed E-state index contributed by atoms with van der Waals surface area (Å²) < 4.78 is 0. The summed E-state index contributed by atoms with van der Waals surface area (Å²) in [5.41, 5.74) is 2.08. The van der Waals surface area contributed by atoms with Crippen LogP contribution >= 0.6 is 11.3 Å². The smallest absolute Gasteiger partial charge is 0.228 e. The van der Waals surface area contributed by atoms with E-state index in [2.05, 4.69) is 28.7 Å². The maximum atomic E-state index is 12.5. The third-order valence-corrected chi connectivity index (χ3v) is 5.25. The monoisotopic (exact) mass is 330 g/mol. The molecule has 122 valence electrons. The van der Waals surface area contributed by atoms with Gasteiger partial charge < -0.3 is 9.80 Å². The molecule has 0 saturated carbocycles. The predicted molar refractivity (Wildman–Crippen MR) is 92.9 cm³/mol. The molecule has 2 aromatic heterocycles. The number of hydrogen-bond donors (Lipinski definition) is 0. The lowest BCUT2D eigenvalue weighted by atomic mass is 10.2. The first kappa shape index (κ1) is 15.9. The molecular weight excluding hydrogens is 308 g/mol. The lowest BCUT2D eigenvalue weighted by Crippen LogP contribution is -2.49. The number of aromatic nitrogens is 2. The Morgan fingerprint density at radius 1 is 1.22 bits per heavy atom. The zero-order valence-electron chi connectivity index (χ0n) is 13.6. The first-order valence-electron chi connectivity index (χ1n) is 8.00. The van der Waals surface area contributed by atoms with E-state index in [0.717, 1.165) is 36.9 Å². The van der Waals surface area contributed by atoms with Gasteiger partial charge in [-0.2, -0.15) is 0 Å². The van der Waals surface area contributed by atoms with Crippen LogP contribution in [0.25, 0.3) is 0 Å². The molecule has 6 heteroatoms. The van der Waals surface area contributed by atoms with E-state index < -0.39 is 0 Å². The molecule has 1 aliphatic rings. The maximum absolute atomic E-state index is 12.5. The predicted octanol–water partition coefficient (Wildman–Crippen LogP) is 2.55. The lowest BCUT2D eigenvalue weighted by molar-refractivity contribution is -0.130. The number of hydrogen-bond acceptors (Lipinski definition) is 5. The first-order chi connectivity index (χ1) is 11.1. The fourth-order valence-electron chi connectivity index (χ4n) is 2.70. The van der Waals surface area contributed by atoms with Gasteiger partial charge in [0.15, 0.2) is 0 Å². The van der Waals surface area contributed by atoms with Gasteiger partial charge in [0.05, 0.1) is 17.1 Å². The van der Waals surface area contributed by atoms with Crippen LogP contribution < -0.4 is 4.90 Å².